The summed E-state index contributed by atoms with van der Waals surface area (Å²) in [6.07, 6.45) is 1.57. The zero-order chi connectivity index (χ0) is 13.7. The normalized spacial score (nSPS) is 10.5. The summed E-state index contributed by atoms with van der Waals surface area (Å²) in [5.41, 5.74) is 0.712. The van der Waals surface area contributed by atoms with Crippen molar-refractivity contribution in [2.45, 2.75) is 13.8 Å². The van der Waals surface area contributed by atoms with Crippen molar-refractivity contribution < 1.29 is 4.39 Å². The van der Waals surface area contributed by atoms with E-state index < -0.39 is 0 Å². The Bertz CT molecular complexity index is 527. The van der Waals surface area contributed by atoms with Crippen molar-refractivity contribution >= 4 is 17.5 Å². The van der Waals surface area contributed by atoms with Crippen molar-refractivity contribution in [3.05, 3.63) is 36.3 Å². The van der Waals surface area contributed by atoms with Gasteiger partial charge in [-0.3, -0.25) is 0 Å². The topological polar surface area (TPSA) is 62.7 Å². The number of hydrogen-bond donors (Lipinski definition) is 2. The molecule has 0 atom stereocenters. The fraction of sp³-hybridized carbons (Fsp3) is 0.308. The van der Waals surface area contributed by atoms with Gasteiger partial charge in [-0.15, -0.1) is 5.10 Å². The Kier molecular flexibility index (Phi) is 4.22. The minimum Gasteiger partial charge on any atom is -0.368 e. The molecule has 1 aromatic carbocycles. The van der Waals surface area contributed by atoms with Crippen molar-refractivity contribution in [1.82, 2.24) is 15.2 Å². The summed E-state index contributed by atoms with van der Waals surface area (Å²) >= 11 is 0. The molecule has 2 rings (SSSR count). The van der Waals surface area contributed by atoms with E-state index in [0.717, 1.165) is 6.54 Å². The van der Waals surface area contributed by atoms with Crippen LogP contribution in [0, 0.1) is 11.7 Å². The average molecular weight is 261 g/mol. The van der Waals surface area contributed by atoms with Gasteiger partial charge in [0.25, 0.3) is 0 Å². The van der Waals surface area contributed by atoms with Gasteiger partial charge in [-0.05, 0) is 30.2 Å². The van der Waals surface area contributed by atoms with E-state index in [-0.39, 0.29) is 5.82 Å². The number of aromatic nitrogens is 3. The summed E-state index contributed by atoms with van der Waals surface area (Å²) in [5, 5.41) is 13.9. The van der Waals surface area contributed by atoms with E-state index in [1.165, 1.54) is 12.1 Å². The first-order valence-electron chi connectivity index (χ1n) is 6.09. The molecule has 2 N–H and O–H groups in total. The molecule has 2 aromatic rings. The zero-order valence-electron chi connectivity index (χ0n) is 10.9. The first-order valence-corrected chi connectivity index (χ1v) is 6.09. The van der Waals surface area contributed by atoms with E-state index in [2.05, 4.69) is 39.7 Å². The molecule has 0 fully saturated rings. The summed E-state index contributed by atoms with van der Waals surface area (Å²) in [4.78, 5) is 4.27. The summed E-state index contributed by atoms with van der Waals surface area (Å²) < 4.78 is 12.8. The molecule has 0 amide bonds. The number of nitrogens with zero attached hydrogens (tertiary/aromatic N) is 3. The molecule has 1 aromatic heterocycles. The minimum absolute atomic E-state index is 0.281. The van der Waals surface area contributed by atoms with Gasteiger partial charge in [0, 0.05) is 12.2 Å². The van der Waals surface area contributed by atoms with Crippen molar-refractivity contribution in [1.29, 1.82) is 0 Å². The molecule has 5 nitrogen and oxygen atoms in total. The molecule has 0 radical (unpaired) electrons. The van der Waals surface area contributed by atoms with Crippen LogP contribution in [0.15, 0.2) is 30.5 Å². The lowest BCUT2D eigenvalue weighted by Crippen LogP contribution is -2.10. The quantitative estimate of drug-likeness (QED) is 0.866. The summed E-state index contributed by atoms with van der Waals surface area (Å²) in [6, 6.07) is 5.98. The van der Waals surface area contributed by atoms with E-state index in [9.17, 15) is 4.39 Å². The van der Waals surface area contributed by atoms with Crippen LogP contribution in [0.25, 0.3) is 0 Å². The average Bonchev–Trinajstić information content (AvgIpc) is 2.40. The van der Waals surface area contributed by atoms with Crippen LogP contribution in [-0.2, 0) is 0 Å². The highest BCUT2D eigenvalue weighted by molar-refractivity contribution is 5.53. The molecule has 1 heterocycles. The van der Waals surface area contributed by atoms with E-state index in [1.54, 1.807) is 18.3 Å². The van der Waals surface area contributed by atoms with Crippen LogP contribution >= 0.6 is 0 Å². The van der Waals surface area contributed by atoms with E-state index in [4.69, 9.17) is 0 Å². The SMILES string of the molecule is CC(C)CNc1cnnc(Nc2ccc(F)cc2)n1. The van der Waals surface area contributed by atoms with Crippen molar-refractivity contribution in [2.75, 3.05) is 17.2 Å². The van der Waals surface area contributed by atoms with Crippen LogP contribution in [0.5, 0.6) is 0 Å². The second-order valence-corrected chi connectivity index (χ2v) is 4.57. The number of halogens is 1. The molecule has 100 valence electrons. The minimum atomic E-state index is -0.281. The van der Waals surface area contributed by atoms with Gasteiger partial charge in [0.05, 0.1) is 6.20 Å². The molecule has 0 bridgehead atoms. The lowest BCUT2D eigenvalue weighted by Gasteiger charge is -2.09. The molecule has 0 spiro atoms. The second kappa shape index (κ2) is 6.08. The van der Waals surface area contributed by atoms with Gasteiger partial charge in [0.2, 0.25) is 5.95 Å². The largest absolute Gasteiger partial charge is 0.368 e. The summed E-state index contributed by atoms with van der Waals surface area (Å²) in [7, 11) is 0. The number of anilines is 3. The Morgan fingerprint density at radius 2 is 1.95 bits per heavy atom. The van der Waals surface area contributed by atoms with Crippen molar-refractivity contribution in [3.63, 3.8) is 0 Å². The molecule has 0 saturated heterocycles. The summed E-state index contributed by atoms with van der Waals surface area (Å²) in [6.45, 7) is 5.03. The highest BCUT2D eigenvalue weighted by Crippen LogP contribution is 2.13. The predicted octanol–water partition coefficient (Wildman–Crippen LogP) is 2.82. The molecular formula is C13H16FN5. The smallest absolute Gasteiger partial charge is 0.249 e. The Morgan fingerprint density at radius 1 is 1.21 bits per heavy atom. The molecular weight excluding hydrogens is 245 g/mol. The third-order valence-corrected chi connectivity index (χ3v) is 2.35. The highest BCUT2D eigenvalue weighted by atomic mass is 19.1. The third kappa shape index (κ3) is 4.17. The maximum absolute atomic E-state index is 12.8. The molecule has 6 heteroatoms. The van der Waals surface area contributed by atoms with Crippen LogP contribution in [0.4, 0.5) is 21.8 Å². The van der Waals surface area contributed by atoms with Crippen LogP contribution in [0.2, 0.25) is 0 Å². The predicted molar refractivity (Wildman–Crippen MR) is 72.8 cm³/mol. The van der Waals surface area contributed by atoms with Gasteiger partial charge in [0.15, 0.2) is 5.82 Å². The van der Waals surface area contributed by atoms with Crippen LogP contribution in [-0.4, -0.2) is 21.7 Å². The fourth-order valence-electron chi connectivity index (χ4n) is 1.41. The Labute approximate surface area is 111 Å². The lowest BCUT2D eigenvalue weighted by atomic mass is 10.2. The Morgan fingerprint density at radius 3 is 2.63 bits per heavy atom. The maximum atomic E-state index is 12.8. The monoisotopic (exact) mass is 261 g/mol. The standard InChI is InChI=1S/C13H16FN5/c1-9(2)7-15-12-8-16-19-13(18-12)17-11-5-3-10(14)4-6-11/h3-6,8-9H,7H2,1-2H3,(H2,15,17,18,19). The molecule has 0 aliphatic heterocycles. The van der Waals surface area contributed by atoms with E-state index in [1.807, 2.05) is 0 Å². The van der Waals surface area contributed by atoms with Gasteiger partial charge < -0.3 is 10.6 Å². The Hall–Kier alpha value is -2.24. The first kappa shape index (κ1) is 13.2. The number of benzene rings is 1. The van der Waals surface area contributed by atoms with E-state index >= 15 is 0 Å². The number of rotatable bonds is 5. The highest BCUT2D eigenvalue weighted by Gasteiger charge is 2.02. The van der Waals surface area contributed by atoms with Crippen LogP contribution in [0.1, 0.15) is 13.8 Å². The Balaban J connectivity index is 2.04. The lowest BCUT2D eigenvalue weighted by molar-refractivity contribution is 0.628. The number of nitrogens with one attached hydrogen (secondary N) is 2. The maximum Gasteiger partial charge on any atom is 0.249 e. The number of hydrogen-bond acceptors (Lipinski definition) is 5. The molecule has 0 aliphatic carbocycles. The van der Waals surface area contributed by atoms with Crippen LogP contribution in [0.3, 0.4) is 0 Å². The zero-order valence-corrected chi connectivity index (χ0v) is 10.9. The van der Waals surface area contributed by atoms with Gasteiger partial charge in [-0.25, -0.2) is 4.39 Å². The molecule has 0 unspecified atom stereocenters. The molecule has 0 saturated carbocycles. The fourth-order valence-corrected chi connectivity index (χ4v) is 1.41. The van der Waals surface area contributed by atoms with Gasteiger partial charge >= 0.3 is 0 Å². The molecule has 19 heavy (non-hydrogen) atoms. The van der Waals surface area contributed by atoms with E-state index in [0.29, 0.717) is 23.4 Å². The first-order chi connectivity index (χ1) is 9.13. The van der Waals surface area contributed by atoms with Crippen molar-refractivity contribution in [2.24, 2.45) is 5.92 Å². The van der Waals surface area contributed by atoms with Crippen molar-refractivity contribution in [3.8, 4) is 0 Å². The van der Waals surface area contributed by atoms with Gasteiger partial charge in [-0.2, -0.15) is 10.1 Å². The van der Waals surface area contributed by atoms with Gasteiger partial charge in [-0.1, -0.05) is 13.8 Å². The third-order valence-electron chi connectivity index (χ3n) is 2.35. The van der Waals surface area contributed by atoms with Gasteiger partial charge in [0.1, 0.15) is 5.82 Å². The second-order valence-electron chi connectivity index (χ2n) is 4.57. The van der Waals surface area contributed by atoms with Crippen LogP contribution < -0.4 is 10.6 Å². The molecule has 0 aliphatic rings. The summed E-state index contributed by atoms with van der Waals surface area (Å²) in [5.74, 6) is 1.27.